The summed E-state index contributed by atoms with van der Waals surface area (Å²) in [5.74, 6) is 2.98. The van der Waals surface area contributed by atoms with E-state index in [1.165, 1.54) is 38.5 Å². The molecular formula is C15H25NO2. The van der Waals surface area contributed by atoms with Crippen LogP contribution < -0.4 is 5.32 Å². The van der Waals surface area contributed by atoms with Crippen molar-refractivity contribution in [3.05, 3.63) is 0 Å². The van der Waals surface area contributed by atoms with E-state index in [1.807, 2.05) is 0 Å². The molecule has 1 amide bonds. The van der Waals surface area contributed by atoms with Crippen LogP contribution in [0.25, 0.3) is 0 Å². The van der Waals surface area contributed by atoms with Gasteiger partial charge >= 0.3 is 0 Å². The maximum absolute atomic E-state index is 12.1. The number of amides is 1. The molecule has 3 rings (SSSR count). The van der Waals surface area contributed by atoms with E-state index >= 15 is 0 Å². The predicted molar refractivity (Wildman–Crippen MR) is 69.9 cm³/mol. The van der Waals surface area contributed by atoms with Crippen LogP contribution in [0.3, 0.4) is 0 Å². The van der Waals surface area contributed by atoms with Crippen molar-refractivity contribution >= 4 is 5.91 Å². The number of fused-ring (bicyclic) bond motifs is 1. The van der Waals surface area contributed by atoms with E-state index in [9.17, 15) is 9.90 Å². The molecule has 0 aromatic carbocycles. The van der Waals surface area contributed by atoms with E-state index in [0.29, 0.717) is 35.5 Å². The second-order valence-corrected chi connectivity index (χ2v) is 6.52. The van der Waals surface area contributed by atoms with Crippen molar-refractivity contribution in [3.63, 3.8) is 0 Å². The van der Waals surface area contributed by atoms with E-state index in [-0.39, 0.29) is 6.61 Å². The van der Waals surface area contributed by atoms with Gasteiger partial charge in [-0.3, -0.25) is 4.79 Å². The van der Waals surface area contributed by atoms with Crippen molar-refractivity contribution in [1.29, 1.82) is 0 Å². The minimum atomic E-state index is 0.287. The zero-order valence-corrected chi connectivity index (χ0v) is 11.1. The lowest BCUT2D eigenvalue weighted by molar-refractivity contribution is -0.123. The molecule has 0 aliphatic heterocycles. The zero-order chi connectivity index (χ0) is 12.5. The lowest BCUT2D eigenvalue weighted by Crippen LogP contribution is -2.33. The van der Waals surface area contributed by atoms with Crippen molar-refractivity contribution in [2.75, 3.05) is 13.2 Å². The molecule has 0 radical (unpaired) electrons. The van der Waals surface area contributed by atoms with Crippen LogP contribution >= 0.6 is 0 Å². The number of nitrogens with one attached hydrogen (secondary N) is 1. The van der Waals surface area contributed by atoms with Gasteiger partial charge in [-0.1, -0.05) is 19.3 Å². The maximum Gasteiger partial charge on any atom is 0.223 e. The molecule has 3 aliphatic rings. The lowest BCUT2D eigenvalue weighted by atomic mass is 9.97. The van der Waals surface area contributed by atoms with E-state index < -0.39 is 0 Å². The molecule has 0 saturated heterocycles. The molecule has 0 bridgehead atoms. The second kappa shape index (κ2) is 5.20. The summed E-state index contributed by atoms with van der Waals surface area (Å²) in [5.41, 5.74) is 0. The van der Waals surface area contributed by atoms with Gasteiger partial charge < -0.3 is 10.4 Å². The van der Waals surface area contributed by atoms with Gasteiger partial charge in [-0.2, -0.15) is 0 Å². The molecule has 0 spiro atoms. The molecule has 0 aromatic rings. The molecule has 3 aliphatic carbocycles. The third-order valence-electron chi connectivity index (χ3n) is 5.55. The summed E-state index contributed by atoms with van der Waals surface area (Å²) >= 11 is 0. The lowest BCUT2D eigenvalue weighted by Gasteiger charge is -2.17. The summed E-state index contributed by atoms with van der Waals surface area (Å²) in [4.78, 5) is 12.1. The van der Waals surface area contributed by atoms with Gasteiger partial charge in [-0.15, -0.1) is 0 Å². The Morgan fingerprint density at radius 1 is 1.00 bits per heavy atom. The molecule has 2 N–H and O–H groups in total. The SMILES string of the molecule is O=C(NCC1CCCC1CO)C1C2CCCCC21. The highest BCUT2D eigenvalue weighted by atomic mass is 16.3. The van der Waals surface area contributed by atoms with Gasteiger partial charge in [0.15, 0.2) is 0 Å². The average Bonchev–Trinajstić information content (AvgIpc) is 2.95. The third-order valence-corrected chi connectivity index (χ3v) is 5.55. The standard InChI is InChI=1S/C15H25NO2/c17-9-11-5-3-4-10(11)8-16-15(18)14-12-6-1-2-7-13(12)14/h10-14,17H,1-9H2,(H,16,18). The van der Waals surface area contributed by atoms with Gasteiger partial charge in [-0.25, -0.2) is 0 Å². The first-order chi connectivity index (χ1) is 8.81. The second-order valence-electron chi connectivity index (χ2n) is 6.52. The Kier molecular flexibility index (Phi) is 3.60. The predicted octanol–water partition coefficient (Wildman–Crippen LogP) is 1.95. The van der Waals surface area contributed by atoms with Crippen LogP contribution in [0.2, 0.25) is 0 Å². The molecule has 102 valence electrons. The highest BCUT2D eigenvalue weighted by Crippen LogP contribution is 2.55. The number of rotatable bonds is 4. The van der Waals surface area contributed by atoms with Crippen molar-refractivity contribution in [1.82, 2.24) is 5.32 Å². The van der Waals surface area contributed by atoms with Crippen molar-refractivity contribution in [2.24, 2.45) is 29.6 Å². The fourth-order valence-electron chi connectivity index (χ4n) is 4.35. The topological polar surface area (TPSA) is 49.3 Å². The van der Waals surface area contributed by atoms with Crippen LogP contribution in [0.15, 0.2) is 0 Å². The average molecular weight is 251 g/mol. The van der Waals surface area contributed by atoms with E-state index in [1.54, 1.807) is 0 Å². The highest BCUT2D eigenvalue weighted by molar-refractivity contribution is 5.82. The number of carbonyl (C=O) groups is 1. The van der Waals surface area contributed by atoms with Gasteiger partial charge in [0.1, 0.15) is 0 Å². The van der Waals surface area contributed by atoms with Crippen molar-refractivity contribution < 1.29 is 9.90 Å². The van der Waals surface area contributed by atoms with E-state index in [0.717, 1.165) is 13.0 Å². The number of hydrogen-bond acceptors (Lipinski definition) is 2. The Morgan fingerprint density at radius 2 is 1.67 bits per heavy atom. The first-order valence-electron chi connectivity index (χ1n) is 7.70. The van der Waals surface area contributed by atoms with Crippen molar-refractivity contribution in [3.8, 4) is 0 Å². The molecule has 0 heterocycles. The third kappa shape index (κ3) is 2.29. The Balaban J connectivity index is 1.45. The number of carbonyl (C=O) groups excluding carboxylic acids is 1. The van der Waals surface area contributed by atoms with Crippen LogP contribution in [0.1, 0.15) is 44.9 Å². The monoisotopic (exact) mass is 251 g/mol. The van der Waals surface area contributed by atoms with E-state index in [4.69, 9.17) is 0 Å². The number of aliphatic hydroxyl groups excluding tert-OH is 1. The molecule has 3 nitrogen and oxygen atoms in total. The fraction of sp³-hybridized carbons (Fsp3) is 0.933. The smallest absolute Gasteiger partial charge is 0.223 e. The first-order valence-corrected chi connectivity index (χ1v) is 7.70. The maximum atomic E-state index is 12.1. The summed E-state index contributed by atoms with van der Waals surface area (Å²) in [5, 5.41) is 12.4. The molecule has 3 saturated carbocycles. The highest BCUT2D eigenvalue weighted by Gasteiger charge is 2.54. The molecule has 3 fully saturated rings. The van der Waals surface area contributed by atoms with Crippen molar-refractivity contribution in [2.45, 2.75) is 44.9 Å². The van der Waals surface area contributed by atoms with Gasteiger partial charge in [0, 0.05) is 19.1 Å². The minimum Gasteiger partial charge on any atom is -0.396 e. The molecule has 4 unspecified atom stereocenters. The Labute approximate surface area is 109 Å². The summed E-state index contributed by atoms with van der Waals surface area (Å²) < 4.78 is 0. The van der Waals surface area contributed by atoms with Crippen LogP contribution in [-0.4, -0.2) is 24.2 Å². The minimum absolute atomic E-state index is 0.287. The summed E-state index contributed by atoms with van der Waals surface area (Å²) in [6.07, 6.45) is 8.69. The zero-order valence-electron chi connectivity index (χ0n) is 11.1. The van der Waals surface area contributed by atoms with Crippen LogP contribution in [0.4, 0.5) is 0 Å². The van der Waals surface area contributed by atoms with Crippen LogP contribution in [0, 0.1) is 29.6 Å². The van der Waals surface area contributed by atoms with Crippen LogP contribution in [-0.2, 0) is 4.79 Å². The first kappa shape index (κ1) is 12.5. The van der Waals surface area contributed by atoms with E-state index in [2.05, 4.69) is 5.32 Å². The van der Waals surface area contributed by atoms with Gasteiger partial charge in [0.05, 0.1) is 0 Å². The molecular weight excluding hydrogens is 226 g/mol. The quantitative estimate of drug-likeness (QED) is 0.802. The largest absolute Gasteiger partial charge is 0.396 e. The number of hydrogen-bond donors (Lipinski definition) is 2. The Bertz CT molecular complexity index is 306. The number of aliphatic hydroxyl groups is 1. The molecule has 4 atom stereocenters. The van der Waals surface area contributed by atoms with Gasteiger partial charge in [0.2, 0.25) is 5.91 Å². The normalized spacial score (nSPS) is 42.4. The van der Waals surface area contributed by atoms with Gasteiger partial charge in [-0.05, 0) is 49.4 Å². The molecule has 18 heavy (non-hydrogen) atoms. The molecule has 3 heteroatoms. The Hall–Kier alpha value is -0.570. The Morgan fingerprint density at radius 3 is 2.33 bits per heavy atom. The summed E-state index contributed by atoms with van der Waals surface area (Å²) in [6.45, 7) is 1.08. The summed E-state index contributed by atoms with van der Waals surface area (Å²) in [7, 11) is 0. The van der Waals surface area contributed by atoms with Gasteiger partial charge in [0.25, 0.3) is 0 Å². The van der Waals surface area contributed by atoms with Crippen LogP contribution in [0.5, 0.6) is 0 Å². The molecule has 0 aromatic heterocycles. The fourth-order valence-corrected chi connectivity index (χ4v) is 4.35. The summed E-state index contributed by atoms with van der Waals surface area (Å²) in [6, 6.07) is 0.